The Balaban J connectivity index is 2.39. The van der Waals surface area contributed by atoms with Crippen molar-refractivity contribution in [1.29, 1.82) is 0 Å². The predicted molar refractivity (Wildman–Crippen MR) is 63.8 cm³/mol. The van der Waals surface area contributed by atoms with E-state index in [1.807, 2.05) is 6.92 Å². The van der Waals surface area contributed by atoms with Crippen LogP contribution in [-0.4, -0.2) is 14.5 Å². The van der Waals surface area contributed by atoms with E-state index in [4.69, 9.17) is 0 Å². The lowest BCUT2D eigenvalue weighted by Gasteiger charge is -2.12. The second-order valence-electron chi connectivity index (χ2n) is 4.81. The molecule has 2 rings (SSSR count). The first-order chi connectivity index (χ1) is 7.81. The van der Waals surface area contributed by atoms with E-state index in [9.17, 15) is 12.8 Å². The van der Waals surface area contributed by atoms with Crippen LogP contribution in [0.3, 0.4) is 0 Å². The highest BCUT2D eigenvalue weighted by Crippen LogP contribution is 2.31. The largest absolute Gasteiger partial charge is 0.241 e. The van der Waals surface area contributed by atoms with E-state index in [1.54, 1.807) is 13.8 Å². The molecule has 0 saturated heterocycles. The summed E-state index contributed by atoms with van der Waals surface area (Å²) in [6.45, 7) is 5.22. The van der Waals surface area contributed by atoms with Gasteiger partial charge >= 0.3 is 0 Å². The zero-order valence-electron chi connectivity index (χ0n) is 10.1. The summed E-state index contributed by atoms with van der Waals surface area (Å²) in [6.07, 6.45) is 0.874. The van der Waals surface area contributed by atoms with Crippen molar-refractivity contribution in [1.82, 2.24) is 4.72 Å². The second-order valence-corrected chi connectivity index (χ2v) is 6.46. The molecule has 1 saturated carbocycles. The van der Waals surface area contributed by atoms with Gasteiger partial charge in [0.05, 0.1) is 4.90 Å². The molecule has 0 aromatic heterocycles. The van der Waals surface area contributed by atoms with Gasteiger partial charge < -0.3 is 0 Å². The molecule has 1 aromatic carbocycles. The Morgan fingerprint density at radius 3 is 2.18 bits per heavy atom. The minimum absolute atomic E-state index is 0.0313. The van der Waals surface area contributed by atoms with Crippen LogP contribution in [0.1, 0.15) is 24.5 Å². The second kappa shape index (κ2) is 4.07. The Morgan fingerprint density at radius 1 is 1.29 bits per heavy atom. The summed E-state index contributed by atoms with van der Waals surface area (Å²) in [5.41, 5.74) is 0.895. The average Bonchev–Trinajstić information content (AvgIpc) is 2.76. The number of sulfonamides is 1. The number of rotatable bonds is 3. The van der Waals surface area contributed by atoms with Crippen LogP contribution in [0.15, 0.2) is 17.0 Å². The molecule has 17 heavy (non-hydrogen) atoms. The molecule has 0 heterocycles. The Kier molecular flexibility index (Phi) is 2.99. The van der Waals surface area contributed by atoms with Crippen LogP contribution >= 0.6 is 0 Å². The van der Waals surface area contributed by atoms with Crippen LogP contribution < -0.4 is 4.72 Å². The van der Waals surface area contributed by atoms with Gasteiger partial charge in [0.25, 0.3) is 0 Å². The average molecular weight is 257 g/mol. The molecule has 2 atom stereocenters. The standard InChI is InChI=1S/C12H16FNO2S/c1-7-6-11(7)14-17(15,16)12-8(2)4-10(13)5-9(12)3/h4-5,7,11,14H,6H2,1-3H3. The quantitative estimate of drug-likeness (QED) is 0.901. The van der Waals surface area contributed by atoms with Crippen LogP contribution in [0.25, 0.3) is 0 Å². The van der Waals surface area contributed by atoms with Gasteiger partial charge in [-0.1, -0.05) is 6.92 Å². The highest BCUT2D eigenvalue weighted by molar-refractivity contribution is 7.89. The Morgan fingerprint density at radius 2 is 1.76 bits per heavy atom. The summed E-state index contributed by atoms with van der Waals surface area (Å²) in [5.74, 6) is -0.00965. The van der Waals surface area contributed by atoms with Crippen molar-refractivity contribution in [2.24, 2.45) is 5.92 Å². The number of halogens is 1. The molecule has 5 heteroatoms. The molecule has 1 aromatic rings. The van der Waals surface area contributed by atoms with Crippen molar-refractivity contribution in [3.63, 3.8) is 0 Å². The molecular weight excluding hydrogens is 241 g/mol. The summed E-state index contributed by atoms with van der Waals surface area (Å²) < 4.78 is 40.1. The van der Waals surface area contributed by atoms with Crippen LogP contribution in [0, 0.1) is 25.6 Å². The van der Waals surface area contributed by atoms with Crippen molar-refractivity contribution in [3.05, 3.63) is 29.1 Å². The Hall–Kier alpha value is -0.940. The van der Waals surface area contributed by atoms with Crippen molar-refractivity contribution >= 4 is 10.0 Å². The summed E-state index contributed by atoms with van der Waals surface area (Å²) in [7, 11) is -3.52. The smallest absolute Gasteiger partial charge is 0.208 e. The van der Waals surface area contributed by atoms with E-state index >= 15 is 0 Å². The van der Waals surface area contributed by atoms with Crippen LogP contribution in [0.2, 0.25) is 0 Å². The van der Waals surface area contributed by atoms with Gasteiger partial charge in [-0.25, -0.2) is 17.5 Å². The number of aryl methyl sites for hydroxylation is 2. The van der Waals surface area contributed by atoms with Crippen LogP contribution in [0.4, 0.5) is 4.39 Å². The topological polar surface area (TPSA) is 46.2 Å². The Labute approximate surface area is 101 Å². The highest BCUT2D eigenvalue weighted by Gasteiger charge is 2.37. The number of hydrogen-bond donors (Lipinski definition) is 1. The maximum Gasteiger partial charge on any atom is 0.241 e. The van der Waals surface area contributed by atoms with E-state index < -0.39 is 15.8 Å². The SMILES string of the molecule is Cc1cc(F)cc(C)c1S(=O)(=O)NC1CC1C. The van der Waals surface area contributed by atoms with E-state index in [-0.39, 0.29) is 10.9 Å². The summed E-state index contributed by atoms with van der Waals surface area (Å²) in [4.78, 5) is 0.206. The van der Waals surface area contributed by atoms with Gasteiger partial charge in [0, 0.05) is 6.04 Å². The highest BCUT2D eigenvalue weighted by atomic mass is 32.2. The maximum absolute atomic E-state index is 13.1. The van der Waals surface area contributed by atoms with Crippen molar-refractivity contribution in [3.8, 4) is 0 Å². The summed E-state index contributed by atoms with van der Waals surface area (Å²) >= 11 is 0. The molecule has 0 amide bonds. The van der Waals surface area contributed by atoms with E-state index in [1.165, 1.54) is 12.1 Å². The molecule has 1 aliphatic carbocycles. The van der Waals surface area contributed by atoms with E-state index in [0.717, 1.165) is 6.42 Å². The molecule has 2 unspecified atom stereocenters. The normalized spacial score (nSPS) is 23.8. The molecule has 0 aliphatic heterocycles. The minimum Gasteiger partial charge on any atom is -0.208 e. The van der Waals surface area contributed by atoms with Crippen molar-refractivity contribution in [2.45, 2.75) is 38.1 Å². The van der Waals surface area contributed by atoms with E-state index in [2.05, 4.69) is 4.72 Å². The Bertz CT molecular complexity index is 531. The molecule has 1 aliphatic rings. The number of benzene rings is 1. The molecule has 0 spiro atoms. The van der Waals surface area contributed by atoms with Gasteiger partial charge in [-0.3, -0.25) is 0 Å². The van der Waals surface area contributed by atoms with E-state index in [0.29, 0.717) is 17.0 Å². The third kappa shape index (κ3) is 2.50. The number of nitrogens with one attached hydrogen (secondary N) is 1. The molecule has 0 bridgehead atoms. The fourth-order valence-electron chi connectivity index (χ4n) is 2.07. The zero-order valence-corrected chi connectivity index (χ0v) is 10.9. The predicted octanol–water partition coefficient (Wildman–Crippen LogP) is 2.13. The maximum atomic E-state index is 13.1. The monoisotopic (exact) mass is 257 g/mol. The van der Waals surface area contributed by atoms with Gasteiger partial charge in [-0.2, -0.15) is 0 Å². The molecular formula is C12H16FNO2S. The van der Waals surface area contributed by atoms with Crippen molar-refractivity contribution < 1.29 is 12.8 Å². The lowest BCUT2D eigenvalue weighted by Crippen LogP contribution is -2.28. The third-order valence-electron chi connectivity index (χ3n) is 3.11. The fraction of sp³-hybridized carbons (Fsp3) is 0.500. The molecule has 1 N–H and O–H groups in total. The first-order valence-electron chi connectivity index (χ1n) is 5.60. The molecule has 0 radical (unpaired) electrons. The summed E-state index contributed by atoms with van der Waals surface area (Å²) in [5, 5.41) is 0. The lowest BCUT2D eigenvalue weighted by atomic mass is 10.1. The van der Waals surface area contributed by atoms with Gasteiger partial charge in [-0.05, 0) is 49.4 Å². The minimum atomic E-state index is -3.52. The van der Waals surface area contributed by atoms with Gasteiger partial charge in [-0.15, -0.1) is 0 Å². The van der Waals surface area contributed by atoms with Crippen LogP contribution in [0.5, 0.6) is 0 Å². The van der Waals surface area contributed by atoms with Gasteiger partial charge in [0.1, 0.15) is 5.82 Å². The third-order valence-corrected chi connectivity index (χ3v) is 4.90. The lowest BCUT2D eigenvalue weighted by molar-refractivity contribution is 0.575. The number of hydrogen-bond acceptors (Lipinski definition) is 2. The van der Waals surface area contributed by atoms with Crippen molar-refractivity contribution in [2.75, 3.05) is 0 Å². The summed E-state index contributed by atoms with van der Waals surface area (Å²) in [6, 6.07) is 2.53. The van der Waals surface area contributed by atoms with Gasteiger partial charge in [0.15, 0.2) is 0 Å². The first-order valence-corrected chi connectivity index (χ1v) is 7.08. The first kappa shape index (κ1) is 12.5. The van der Waals surface area contributed by atoms with Gasteiger partial charge in [0.2, 0.25) is 10.0 Å². The molecule has 1 fully saturated rings. The van der Waals surface area contributed by atoms with Crippen LogP contribution in [-0.2, 0) is 10.0 Å². The fourth-order valence-corrected chi connectivity index (χ4v) is 3.88. The molecule has 3 nitrogen and oxygen atoms in total. The molecule has 94 valence electrons. The zero-order chi connectivity index (χ0) is 12.8.